The molecule has 0 bridgehead atoms. The van der Waals surface area contributed by atoms with Crippen molar-refractivity contribution in [3.05, 3.63) is 71.3 Å². The average Bonchev–Trinajstić information content (AvgIpc) is 3.44. The molecular formula is C35H44N8O6. The number of hydrogen-bond acceptors (Lipinski definition) is 8. The first-order valence-electron chi connectivity index (χ1n) is 16.6. The Labute approximate surface area is 285 Å². The van der Waals surface area contributed by atoms with Crippen LogP contribution >= 0.6 is 0 Å². The molecule has 0 aliphatic carbocycles. The first-order valence-corrected chi connectivity index (χ1v) is 16.6. The molecule has 0 radical (unpaired) electrons. The van der Waals surface area contributed by atoms with Gasteiger partial charge in [-0.05, 0) is 49.4 Å². The van der Waals surface area contributed by atoms with Gasteiger partial charge in [0.15, 0.2) is 12.4 Å². The normalized spacial score (nSPS) is 19.9. The van der Waals surface area contributed by atoms with E-state index in [9.17, 15) is 24.0 Å². The van der Waals surface area contributed by atoms with Crippen molar-refractivity contribution in [3.63, 3.8) is 0 Å². The van der Waals surface area contributed by atoms with Crippen LogP contribution in [0.1, 0.15) is 66.7 Å². The number of amides is 5. The predicted octanol–water partition coefficient (Wildman–Crippen LogP) is 1.93. The average molecular weight is 673 g/mol. The SMILES string of the molecule is Cc1nc2n(n1)CC(=O)NCCCN(C(=O)c1ccc3c(c1)N(C)C(=O)CO3)CCCC(=O)N[C@H](Cc1ccccc1)C(=O)N[C@H]2C(C)C. The minimum absolute atomic E-state index is 0.0687. The van der Waals surface area contributed by atoms with Crippen molar-refractivity contribution >= 4 is 35.2 Å². The van der Waals surface area contributed by atoms with Gasteiger partial charge in [0, 0.05) is 45.1 Å². The quantitative estimate of drug-likeness (QED) is 0.378. The van der Waals surface area contributed by atoms with E-state index in [0.717, 1.165) is 5.56 Å². The van der Waals surface area contributed by atoms with Crippen LogP contribution in [0.15, 0.2) is 48.5 Å². The van der Waals surface area contributed by atoms with Crippen molar-refractivity contribution < 1.29 is 28.7 Å². The number of benzene rings is 2. The molecule has 3 N–H and O–H groups in total. The van der Waals surface area contributed by atoms with Gasteiger partial charge >= 0.3 is 0 Å². The maximum atomic E-state index is 13.8. The number of aromatic nitrogens is 3. The Kier molecular flexibility index (Phi) is 11.3. The summed E-state index contributed by atoms with van der Waals surface area (Å²) in [5, 5.41) is 13.3. The number of nitrogens with one attached hydrogen (secondary N) is 3. The highest BCUT2D eigenvalue weighted by molar-refractivity contribution is 6.01. The minimum atomic E-state index is -0.883. The fourth-order valence-corrected chi connectivity index (χ4v) is 5.95. The highest BCUT2D eigenvalue weighted by Crippen LogP contribution is 2.32. The van der Waals surface area contributed by atoms with E-state index in [-0.39, 0.29) is 68.0 Å². The molecular weight excluding hydrogens is 628 g/mol. The van der Waals surface area contributed by atoms with Crippen LogP contribution < -0.4 is 25.6 Å². The van der Waals surface area contributed by atoms with E-state index in [1.54, 1.807) is 37.1 Å². The molecule has 0 saturated heterocycles. The highest BCUT2D eigenvalue weighted by Gasteiger charge is 2.30. The van der Waals surface area contributed by atoms with E-state index in [0.29, 0.717) is 54.6 Å². The molecule has 5 rings (SSSR count). The zero-order valence-electron chi connectivity index (χ0n) is 28.4. The Morgan fingerprint density at radius 3 is 2.51 bits per heavy atom. The van der Waals surface area contributed by atoms with Crippen LogP contribution in [-0.4, -0.2) is 88.5 Å². The Morgan fingerprint density at radius 1 is 1.00 bits per heavy atom. The highest BCUT2D eigenvalue weighted by atomic mass is 16.5. The molecule has 14 heteroatoms. The summed E-state index contributed by atoms with van der Waals surface area (Å²) in [5.41, 5.74) is 1.75. The molecule has 0 fully saturated rings. The summed E-state index contributed by atoms with van der Waals surface area (Å²) in [5.74, 6) is -0.161. The maximum Gasteiger partial charge on any atom is 0.264 e. The predicted molar refractivity (Wildman–Crippen MR) is 181 cm³/mol. The van der Waals surface area contributed by atoms with Crippen molar-refractivity contribution in [2.75, 3.05) is 38.2 Å². The van der Waals surface area contributed by atoms with Gasteiger partial charge in [0.2, 0.25) is 17.7 Å². The van der Waals surface area contributed by atoms with E-state index >= 15 is 0 Å². The fourth-order valence-electron chi connectivity index (χ4n) is 5.95. The van der Waals surface area contributed by atoms with Crippen molar-refractivity contribution in [2.45, 2.75) is 65.1 Å². The first kappa shape index (κ1) is 35.0. The summed E-state index contributed by atoms with van der Waals surface area (Å²) in [6.07, 6.45) is 1.15. The first-order chi connectivity index (χ1) is 23.5. The summed E-state index contributed by atoms with van der Waals surface area (Å²) < 4.78 is 7.01. The number of hydrogen-bond donors (Lipinski definition) is 3. The summed E-state index contributed by atoms with van der Waals surface area (Å²) >= 11 is 0. The second-order valence-electron chi connectivity index (χ2n) is 12.7. The van der Waals surface area contributed by atoms with Gasteiger partial charge in [-0.1, -0.05) is 44.2 Å². The molecule has 2 aliphatic rings. The van der Waals surface area contributed by atoms with Crippen molar-refractivity contribution in [1.29, 1.82) is 0 Å². The molecule has 0 spiro atoms. The smallest absolute Gasteiger partial charge is 0.264 e. The Morgan fingerprint density at radius 2 is 1.76 bits per heavy atom. The standard InChI is InChI=1S/C35H44N8O6/c1-22(2)32-33-37-23(3)40-43(33)20-30(45)36-15-9-17-42(35(48)25-13-14-28-27(19-25)41(4)31(46)21-49-28)16-8-12-29(44)38-26(34(47)39-32)18-24-10-6-5-7-11-24/h5-7,10-11,13-14,19,22,26,32H,8-9,12,15-18,20-21H2,1-4H3,(H,36,45)(H,38,44)(H,39,47)/t26-,32+/m1/s1. The molecule has 0 unspecified atom stereocenters. The Bertz CT molecular complexity index is 1690. The Balaban J connectivity index is 1.39. The number of likely N-dealkylation sites (N-methyl/N-ethyl adjacent to an activating group) is 1. The van der Waals surface area contributed by atoms with Gasteiger partial charge in [0.1, 0.15) is 24.2 Å². The molecule has 2 aliphatic heterocycles. The van der Waals surface area contributed by atoms with Crippen LogP contribution in [0.4, 0.5) is 5.69 Å². The van der Waals surface area contributed by atoms with E-state index in [1.165, 1.54) is 9.58 Å². The minimum Gasteiger partial charge on any atom is -0.482 e. The maximum absolute atomic E-state index is 13.8. The van der Waals surface area contributed by atoms with Crippen LogP contribution in [0.25, 0.3) is 0 Å². The number of carbonyl (C=O) groups is 5. The zero-order chi connectivity index (χ0) is 35.1. The summed E-state index contributed by atoms with van der Waals surface area (Å²) in [6, 6.07) is 12.9. The lowest BCUT2D eigenvalue weighted by Gasteiger charge is -2.28. The molecule has 5 amide bonds. The van der Waals surface area contributed by atoms with Gasteiger partial charge in [0.25, 0.3) is 11.8 Å². The molecule has 0 saturated carbocycles. The number of nitrogens with zero attached hydrogens (tertiary/aromatic N) is 5. The van der Waals surface area contributed by atoms with E-state index in [4.69, 9.17) is 4.74 Å². The van der Waals surface area contributed by atoms with Crippen LogP contribution in [0.3, 0.4) is 0 Å². The second-order valence-corrected chi connectivity index (χ2v) is 12.7. The lowest BCUT2D eigenvalue weighted by molar-refractivity contribution is -0.129. The molecule has 49 heavy (non-hydrogen) atoms. The molecule has 260 valence electrons. The van der Waals surface area contributed by atoms with E-state index in [1.807, 2.05) is 44.2 Å². The molecule has 2 atom stereocenters. The van der Waals surface area contributed by atoms with Crippen molar-refractivity contribution in [3.8, 4) is 5.75 Å². The van der Waals surface area contributed by atoms with Crippen molar-refractivity contribution in [2.24, 2.45) is 5.92 Å². The Hall–Kier alpha value is -5.27. The third-order valence-corrected chi connectivity index (χ3v) is 8.62. The third-order valence-electron chi connectivity index (χ3n) is 8.62. The molecule has 1 aromatic heterocycles. The molecule has 14 nitrogen and oxygen atoms in total. The van der Waals surface area contributed by atoms with Gasteiger partial charge in [-0.15, -0.1) is 0 Å². The largest absolute Gasteiger partial charge is 0.482 e. The number of fused-ring (bicyclic) bond motifs is 2. The summed E-state index contributed by atoms with van der Waals surface area (Å²) in [4.78, 5) is 73.9. The fraction of sp³-hybridized carbons (Fsp3) is 0.457. The van der Waals surface area contributed by atoms with Gasteiger partial charge in [-0.2, -0.15) is 5.10 Å². The van der Waals surface area contributed by atoms with Gasteiger partial charge < -0.3 is 30.5 Å². The summed E-state index contributed by atoms with van der Waals surface area (Å²) in [7, 11) is 1.63. The monoisotopic (exact) mass is 672 g/mol. The van der Waals surface area contributed by atoms with Gasteiger partial charge in [-0.3, -0.25) is 24.0 Å². The van der Waals surface area contributed by atoms with Gasteiger partial charge in [-0.25, -0.2) is 9.67 Å². The van der Waals surface area contributed by atoms with Crippen LogP contribution in [0, 0.1) is 12.8 Å². The lowest BCUT2D eigenvalue weighted by atomic mass is 10.0. The number of carbonyl (C=O) groups excluding carboxylic acids is 5. The molecule has 3 aromatic rings. The molecule has 2 aromatic carbocycles. The number of aryl methyl sites for hydroxylation is 1. The van der Waals surface area contributed by atoms with Gasteiger partial charge in [0.05, 0.1) is 11.7 Å². The summed E-state index contributed by atoms with van der Waals surface area (Å²) in [6.45, 7) is 6.30. The number of anilines is 1. The zero-order valence-corrected chi connectivity index (χ0v) is 28.4. The van der Waals surface area contributed by atoms with Crippen LogP contribution in [0.2, 0.25) is 0 Å². The number of ether oxygens (including phenoxy) is 1. The van der Waals surface area contributed by atoms with E-state index in [2.05, 4.69) is 26.0 Å². The van der Waals surface area contributed by atoms with E-state index < -0.39 is 12.1 Å². The van der Waals surface area contributed by atoms with Crippen molar-refractivity contribution in [1.82, 2.24) is 35.6 Å². The third kappa shape index (κ3) is 8.80. The van der Waals surface area contributed by atoms with Crippen LogP contribution in [0.5, 0.6) is 5.75 Å². The number of rotatable bonds is 4. The lowest BCUT2D eigenvalue weighted by Crippen LogP contribution is -2.50. The molecule has 3 heterocycles. The topological polar surface area (TPSA) is 168 Å². The van der Waals surface area contributed by atoms with Crippen LogP contribution in [-0.2, 0) is 32.1 Å². The second kappa shape index (κ2) is 15.8.